The third-order valence-corrected chi connectivity index (χ3v) is 5.44. The molecule has 0 saturated carbocycles. The number of nitrogens with zero attached hydrogens (tertiary/aromatic N) is 3. The minimum Gasteiger partial charge on any atom is -0.497 e. The van der Waals surface area contributed by atoms with Crippen LogP contribution in [0.2, 0.25) is 0 Å². The second-order valence-corrected chi connectivity index (χ2v) is 7.34. The van der Waals surface area contributed by atoms with Crippen molar-refractivity contribution in [3.63, 3.8) is 0 Å². The molecule has 0 N–H and O–H groups in total. The SMILES string of the molecule is COc1ccc(CCc2nc(C3CC(=O)N(c4ccc(OC)cc4OC)C3)no2)cc1. The monoisotopic (exact) mass is 423 g/mol. The number of hydrogen-bond acceptors (Lipinski definition) is 7. The molecule has 0 spiro atoms. The number of aryl methyl sites for hydroxylation is 2. The zero-order chi connectivity index (χ0) is 21.8. The molecule has 8 nitrogen and oxygen atoms in total. The van der Waals surface area contributed by atoms with E-state index in [1.165, 1.54) is 0 Å². The van der Waals surface area contributed by atoms with Crippen LogP contribution in [0, 0.1) is 0 Å². The smallest absolute Gasteiger partial charge is 0.227 e. The van der Waals surface area contributed by atoms with Crippen molar-refractivity contribution in [2.24, 2.45) is 0 Å². The lowest BCUT2D eigenvalue weighted by Gasteiger charge is -2.19. The van der Waals surface area contributed by atoms with Crippen molar-refractivity contribution in [2.75, 3.05) is 32.8 Å². The lowest BCUT2D eigenvalue weighted by atomic mass is 10.1. The second kappa shape index (κ2) is 9.07. The molecule has 3 aromatic rings. The molecule has 1 saturated heterocycles. The topological polar surface area (TPSA) is 86.9 Å². The highest BCUT2D eigenvalue weighted by Gasteiger charge is 2.35. The van der Waals surface area contributed by atoms with E-state index in [0.717, 1.165) is 17.7 Å². The molecule has 1 aliphatic rings. The van der Waals surface area contributed by atoms with Gasteiger partial charge in [0.2, 0.25) is 11.8 Å². The molecule has 0 aliphatic carbocycles. The van der Waals surface area contributed by atoms with Crippen LogP contribution < -0.4 is 19.1 Å². The summed E-state index contributed by atoms with van der Waals surface area (Å²) in [5.41, 5.74) is 1.87. The van der Waals surface area contributed by atoms with Gasteiger partial charge in [-0.15, -0.1) is 0 Å². The van der Waals surface area contributed by atoms with Gasteiger partial charge in [-0.1, -0.05) is 17.3 Å². The molecule has 0 radical (unpaired) electrons. The van der Waals surface area contributed by atoms with Crippen LogP contribution in [0.3, 0.4) is 0 Å². The quantitative estimate of drug-likeness (QED) is 0.549. The summed E-state index contributed by atoms with van der Waals surface area (Å²) in [6.07, 6.45) is 1.74. The van der Waals surface area contributed by atoms with Crippen LogP contribution in [0.1, 0.15) is 29.6 Å². The summed E-state index contributed by atoms with van der Waals surface area (Å²) in [5.74, 6) is 3.08. The zero-order valence-electron chi connectivity index (χ0n) is 17.8. The number of aromatic nitrogens is 2. The molecule has 2 aromatic carbocycles. The van der Waals surface area contributed by atoms with Gasteiger partial charge in [0.15, 0.2) is 5.82 Å². The van der Waals surface area contributed by atoms with Crippen LogP contribution >= 0.6 is 0 Å². The van der Waals surface area contributed by atoms with Gasteiger partial charge in [-0.3, -0.25) is 4.79 Å². The molecule has 8 heteroatoms. The van der Waals surface area contributed by atoms with Gasteiger partial charge in [0, 0.05) is 31.4 Å². The average molecular weight is 423 g/mol. The number of rotatable bonds is 8. The minimum absolute atomic E-state index is 0.00181. The van der Waals surface area contributed by atoms with E-state index < -0.39 is 0 Å². The maximum atomic E-state index is 12.7. The van der Waals surface area contributed by atoms with Crippen molar-refractivity contribution in [3.05, 3.63) is 59.7 Å². The van der Waals surface area contributed by atoms with Crippen LogP contribution in [0.25, 0.3) is 0 Å². The Hall–Kier alpha value is -3.55. The fourth-order valence-electron chi connectivity index (χ4n) is 3.70. The number of ether oxygens (including phenoxy) is 3. The van der Waals surface area contributed by atoms with Gasteiger partial charge in [-0.05, 0) is 36.2 Å². The minimum atomic E-state index is -0.127. The van der Waals surface area contributed by atoms with Gasteiger partial charge in [0.1, 0.15) is 17.2 Å². The molecule has 1 amide bonds. The highest BCUT2D eigenvalue weighted by atomic mass is 16.5. The standard InChI is InChI=1S/C23H25N3O5/c1-28-17-7-4-15(5-8-17)6-11-21-24-23(25-31-21)16-12-22(27)26(14-16)19-10-9-18(29-2)13-20(19)30-3/h4-5,7-10,13,16H,6,11-12,14H2,1-3H3. The fraction of sp³-hybridized carbons (Fsp3) is 0.348. The Morgan fingerprint density at radius 3 is 2.45 bits per heavy atom. The number of anilines is 1. The zero-order valence-corrected chi connectivity index (χ0v) is 17.8. The number of carbonyl (C=O) groups is 1. The van der Waals surface area contributed by atoms with Crippen molar-refractivity contribution in [1.29, 1.82) is 0 Å². The fourth-order valence-corrected chi connectivity index (χ4v) is 3.70. The van der Waals surface area contributed by atoms with Gasteiger partial charge < -0.3 is 23.6 Å². The molecule has 162 valence electrons. The number of benzene rings is 2. The molecule has 0 bridgehead atoms. The van der Waals surface area contributed by atoms with Crippen LogP contribution in [0.15, 0.2) is 47.0 Å². The average Bonchev–Trinajstić information content (AvgIpc) is 3.44. The summed E-state index contributed by atoms with van der Waals surface area (Å²) < 4.78 is 21.3. The van der Waals surface area contributed by atoms with E-state index in [0.29, 0.717) is 48.3 Å². The first-order chi connectivity index (χ1) is 15.1. The summed E-state index contributed by atoms with van der Waals surface area (Å²) in [4.78, 5) is 18.9. The van der Waals surface area contributed by atoms with Crippen molar-refractivity contribution in [3.8, 4) is 17.2 Å². The van der Waals surface area contributed by atoms with Crippen molar-refractivity contribution in [1.82, 2.24) is 10.1 Å². The first kappa shape index (κ1) is 20.7. The molecule has 1 atom stereocenters. The molecule has 4 rings (SSSR count). The first-order valence-electron chi connectivity index (χ1n) is 10.1. The normalized spacial score (nSPS) is 15.9. The maximum Gasteiger partial charge on any atom is 0.227 e. The van der Waals surface area contributed by atoms with Crippen LogP contribution in [-0.4, -0.2) is 43.9 Å². The summed E-state index contributed by atoms with van der Waals surface area (Å²) in [5, 5.41) is 4.13. The molecule has 1 aliphatic heterocycles. The summed E-state index contributed by atoms with van der Waals surface area (Å²) in [7, 11) is 4.81. The highest BCUT2D eigenvalue weighted by molar-refractivity contribution is 5.97. The molecule has 31 heavy (non-hydrogen) atoms. The van der Waals surface area contributed by atoms with E-state index in [2.05, 4.69) is 10.1 Å². The molecular formula is C23H25N3O5. The van der Waals surface area contributed by atoms with Crippen molar-refractivity contribution >= 4 is 11.6 Å². The molecule has 1 fully saturated rings. The van der Waals surface area contributed by atoms with Crippen LogP contribution in [0.4, 0.5) is 5.69 Å². The first-order valence-corrected chi connectivity index (χ1v) is 10.1. The van der Waals surface area contributed by atoms with Crippen LogP contribution in [0.5, 0.6) is 17.2 Å². The Bertz CT molecular complexity index is 1050. The van der Waals surface area contributed by atoms with Gasteiger partial charge in [-0.25, -0.2) is 0 Å². The van der Waals surface area contributed by atoms with E-state index in [-0.39, 0.29) is 11.8 Å². The number of methoxy groups -OCH3 is 3. The Kier molecular flexibility index (Phi) is 6.06. The predicted octanol–water partition coefficient (Wildman–Crippen LogP) is 3.40. The Balaban J connectivity index is 1.42. The van der Waals surface area contributed by atoms with Gasteiger partial charge >= 0.3 is 0 Å². The number of amides is 1. The molecule has 1 aromatic heterocycles. The molecule has 2 heterocycles. The lowest BCUT2D eigenvalue weighted by Crippen LogP contribution is -2.24. The Morgan fingerprint density at radius 2 is 1.74 bits per heavy atom. The summed E-state index contributed by atoms with van der Waals surface area (Å²) >= 11 is 0. The highest BCUT2D eigenvalue weighted by Crippen LogP contribution is 2.37. The van der Waals surface area contributed by atoms with Gasteiger partial charge in [0.25, 0.3) is 0 Å². The Labute approximate surface area is 180 Å². The van der Waals surface area contributed by atoms with Crippen molar-refractivity contribution in [2.45, 2.75) is 25.2 Å². The maximum absolute atomic E-state index is 12.7. The van der Waals surface area contributed by atoms with E-state index in [1.807, 2.05) is 36.4 Å². The number of hydrogen-bond donors (Lipinski definition) is 0. The van der Waals surface area contributed by atoms with E-state index >= 15 is 0 Å². The summed E-state index contributed by atoms with van der Waals surface area (Å²) in [6.45, 7) is 0.471. The second-order valence-electron chi connectivity index (χ2n) is 7.34. The third kappa shape index (κ3) is 4.47. The van der Waals surface area contributed by atoms with Gasteiger partial charge in [-0.2, -0.15) is 4.98 Å². The predicted molar refractivity (Wildman–Crippen MR) is 114 cm³/mol. The van der Waals surface area contributed by atoms with Gasteiger partial charge in [0.05, 0.1) is 27.0 Å². The van der Waals surface area contributed by atoms with E-state index in [9.17, 15) is 4.79 Å². The van der Waals surface area contributed by atoms with E-state index in [4.69, 9.17) is 18.7 Å². The van der Waals surface area contributed by atoms with Crippen LogP contribution in [-0.2, 0) is 17.6 Å². The Morgan fingerprint density at radius 1 is 1.00 bits per heavy atom. The molecule has 1 unspecified atom stereocenters. The number of carbonyl (C=O) groups excluding carboxylic acids is 1. The lowest BCUT2D eigenvalue weighted by molar-refractivity contribution is -0.117. The van der Waals surface area contributed by atoms with Crippen molar-refractivity contribution < 1.29 is 23.5 Å². The molecular weight excluding hydrogens is 398 g/mol. The third-order valence-electron chi connectivity index (χ3n) is 5.44. The largest absolute Gasteiger partial charge is 0.497 e. The summed E-state index contributed by atoms with van der Waals surface area (Å²) in [6, 6.07) is 13.3. The van der Waals surface area contributed by atoms with E-state index in [1.54, 1.807) is 32.3 Å².